The molecule has 2 N–H and O–H groups in total. The number of carbonyl (C=O) groups is 1. The standard InChI is InChI=1S/C19H18N2O2S/c1-23-17-10-6-5-9-16(17)18(14-7-3-2-4-8-14)21-19(22)20-15-11-12-24-13-15/h2-13,18H,1H3,(H2,20,21,22). The molecule has 2 aromatic carbocycles. The van der Waals surface area contributed by atoms with Crippen molar-refractivity contribution < 1.29 is 9.53 Å². The maximum atomic E-state index is 12.4. The number of amides is 2. The van der Waals surface area contributed by atoms with Crippen molar-refractivity contribution in [2.45, 2.75) is 6.04 Å². The Kier molecular flexibility index (Phi) is 5.13. The van der Waals surface area contributed by atoms with Gasteiger partial charge >= 0.3 is 6.03 Å². The lowest BCUT2D eigenvalue weighted by Gasteiger charge is -2.22. The number of hydrogen-bond acceptors (Lipinski definition) is 3. The van der Waals surface area contributed by atoms with Crippen LogP contribution < -0.4 is 15.4 Å². The van der Waals surface area contributed by atoms with Crippen molar-refractivity contribution >= 4 is 23.1 Å². The van der Waals surface area contributed by atoms with E-state index in [0.29, 0.717) is 0 Å². The summed E-state index contributed by atoms with van der Waals surface area (Å²) in [7, 11) is 1.63. The second-order valence-corrected chi connectivity index (χ2v) is 5.98. The first kappa shape index (κ1) is 16.1. The normalized spacial score (nSPS) is 11.5. The fraction of sp³-hybridized carbons (Fsp3) is 0.105. The van der Waals surface area contributed by atoms with Crippen molar-refractivity contribution in [2.24, 2.45) is 0 Å². The number of thiophene rings is 1. The number of nitrogens with one attached hydrogen (secondary N) is 2. The molecular weight excluding hydrogens is 320 g/mol. The van der Waals surface area contributed by atoms with Crippen LogP contribution in [0.4, 0.5) is 10.5 Å². The highest BCUT2D eigenvalue weighted by molar-refractivity contribution is 7.08. The number of hydrogen-bond donors (Lipinski definition) is 2. The average Bonchev–Trinajstić information content (AvgIpc) is 3.13. The predicted octanol–water partition coefficient (Wildman–Crippen LogP) is 4.67. The van der Waals surface area contributed by atoms with E-state index in [-0.39, 0.29) is 12.1 Å². The SMILES string of the molecule is COc1ccccc1C(NC(=O)Nc1ccsc1)c1ccccc1. The number of anilines is 1. The highest BCUT2D eigenvalue weighted by Crippen LogP contribution is 2.30. The van der Waals surface area contributed by atoms with Gasteiger partial charge in [0.25, 0.3) is 0 Å². The van der Waals surface area contributed by atoms with Gasteiger partial charge in [0, 0.05) is 10.9 Å². The Morgan fingerprint density at radius 1 is 1.04 bits per heavy atom. The van der Waals surface area contributed by atoms with Gasteiger partial charge in [-0.3, -0.25) is 0 Å². The van der Waals surface area contributed by atoms with Crippen LogP contribution in [-0.4, -0.2) is 13.1 Å². The zero-order valence-electron chi connectivity index (χ0n) is 13.2. The maximum absolute atomic E-state index is 12.4. The van der Waals surface area contributed by atoms with E-state index >= 15 is 0 Å². The van der Waals surface area contributed by atoms with E-state index in [1.54, 1.807) is 7.11 Å². The van der Waals surface area contributed by atoms with Gasteiger partial charge in [-0.2, -0.15) is 11.3 Å². The molecule has 1 aromatic heterocycles. The largest absolute Gasteiger partial charge is 0.496 e. The molecule has 122 valence electrons. The Hall–Kier alpha value is -2.79. The molecule has 0 spiro atoms. The third kappa shape index (κ3) is 3.75. The van der Waals surface area contributed by atoms with Crippen molar-refractivity contribution in [1.29, 1.82) is 0 Å². The summed E-state index contributed by atoms with van der Waals surface area (Å²) in [6.45, 7) is 0. The van der Waals surface area contributed by atoms with Crippen LogP contribution in [0.5, 0.6) is 5.75 Å². The molecular formula is C19H18N2O2S. The molecule has 3 rings (SSSR count). The lowest BCUT2D eigenvalue weighted by atomic mass is 9.98. The molecule has 0 fully saturated rings. The summed E-state index contributed by atoms with van der Waals surface area (Å²) in [5, 5.41) is 9.70. The van der Waals surface area contributed by atoms with Crippen molar-refractivity contribution in [3.8, 4) is 5.75 Å². The van der Waals surface area contributed by atoms with Crippen LogP contribution in [-0.2, 0) is 0 Å². The Bertz CT molecular complexity index is 788. The smallest absolute Gasteiger partial charge is 0.320 e. The van der Waals surface area contributed by atoms with Crippen LogP contribution in [0.3, 0.4) is 0 Å². The van der Waals surface area contributed by atoms with Gasteiger partial charge < -0.3 is 15.4 Å². The van der Waals surface area contributed by atoms with Crippen LogP contribution >= 0.6 is 11.3 Å². The minimum Gasteiger partial charge on any atom is -0.496 e. The van der Waals surface area contributed by atoms with Crippen molar-refractivity contribution in [1.82, 2.24) is 5.32 Å². The number of para-hydroxylation sites is 1. The van der Waals surface area contributed by atoms with Crippen LogP contribution in [0.1, 0.15) is 17.2 Å². The van der Waals surface area contributed by atoms with Crippen molar-refractivity contribution in [3.05, 3.63) is 82.6 Å². The first-order chi connectivity index (χ1) is 11.8. The van der Waals surface area contributed by atoms with Gasteiger partial charge in [0.05, 0.1) is 18.8 Å². The minimum atomic E-state index is -0.305. The number of rotatable bonds is 5. The molecule has 0 aliphatic rings. The van der Waals surface area contributed by atoms with Gasteiger partial charge in [-0.05, 0) is 23.1 Å². The molecule has 5 heteroatoms. The van der Waals surface area contributed by atoms with E-state index < -0.39 is 0 Å². The Morgan fingerprint density at radius 2 is 1.79 bits per heavy atom. The van der Waals surface area contributed by atoms with E-state index in [9.17, 15) is 4.79 Å². The molecule has 0 bridgehead atoms. The highest BCUT2D eigenvalue weighted by atomic mass is 32.1. The molecule has 1 heterocycles. The average molecular weight is 338 g/mol. The second kappa shape index (κ2) is 7.66. The summed E-state index contributed by atoms with van der Waals surface area (Å²) < 4.78 is 5.47. The Morgan fingerprint density at radius 3 is 2.50 bits per heavy atom. The van der Waals surface area contributed by atoms with E-state index in [1.165, 1.54) is 11.3 Å². The molecule has 0 aliphatic heterocycles. The molecule has 0 radical (unpaired) electrons. The summed E-state index contributed by atoms with van der Waals surface area (Å²) in [6.07, 6.45) is 0. The molecule has 0 aliphatic carbocycles. The molecule has 0 saturated carbocycles. The molecule has 1 atom stereocenters. The topological polar surface area (TPSA) is 50.4 Å². The monoisotopic (exact) mass is 338 g/mol. The van der Waals surface area contributed by atoms with Gasteiger partial charge in [0.1, 0.15) is 5.75 Å². The fourth-order valence-corrected chi connectivity index (χ4v) is 3.11. The van der Waals surface area contributed by atoms with Crippen molar-refractivity contribution in [3.63, 3.8) is 0 Å². The molecule has 0 saturated heterocycles. The van der Waals surface area contributed by atoms with Crippen molar-refractivity contribution in [2.75, 3.05) is 12.4 Å². The van der Waals surface area contributed by atoms with Crippen LogP contribution in [0, 0.1) is 0 Å². The molecule has 3 aromatic rings. The zero-order valence-corrected chi connectivity index (χ0v) is 14.0. The van der Waals surface area contributed by atoms with E-state index in [4.69, 9.17) is 4.74 Å². The van der Waals surface area contributed by atoms with Gasteiger partial charge in [0.2, 0.25) is 0 Å². The summed E-state index contributed by atoms with van der Waals surface area (Å²) in [5.41, 5.74) is 2.68. The number of ether oxygens (including phenoxy) is 1. The predicted molar refractivity (Wildman–Crippen MR) is 97.8 cm³/mol. The summed E-state index contributed by atoms with van der Waals surface area (Å²) in [4.78, 5) is 12.4. The number of benzene rings is 2. The lowest BCUT2D eigenvalue weighted by molar-refractivity contribution is 0.250. The van der Waals surface area contributed by atoms with Crippen LogP contribution in [0.15, 0.2) is 71.4 Å². The van der Waals surface area contributed by atoms with Crippen LogP contribution in [0.2, 0.25) is 0 Å². The lowest BCUT2D eigenvalue weighted by Crippen LogP contribution is -2.33. The highest BCUT2D eigenvalue weighted by Gasteiger charge is 2.20. The van der Waals surface area contributed by atoms with Gasteiger partial charge in [-0.15, -0.1) is 0 Å². The first-order valence-corrected chi connectivity index (χ1v) is 8.50. The van der Waals surface area contributed by atoms with Gasteiger partial charge in [-0.1, -0.05) is 48.5 Å². The third-order valence-corrected chi connectivity index (χ3v) is 4.32. The molecule has 2 amide bonds. The molecule has 24 heavy (non-hydrogen) atoms. The fourth-order valence-electron chi connectivity index (χ4n) is 2.52. The second-order valence-electron chi connectivity index (χ2n) is 5.20. The van der Waals surface area contributed by atoms with Gasteiger partial charge in [0.15, 0.2) is 0 Å². The zero-order chi connectivity index (χ0) is 16.8. The Labute approximate surface area is 145 Å². The summed E-state index contributed by atoms with van der Waals surface area (Å²) in [5.74, 6) is 0.738. The summed E-state index contributed by atoms with van der Waals surface area (Å²) >= 11 is 1.54. The number of methoxy groups -OCH3 is 1. The van der Waals surface area contributed by atoms with E-state index in [1.807, 2.05) is 71.4 Å². The van der Waals surface area contributed by atoms with Gasteiger partial charge in [-0.25, -0.2) is 4.79 Å². The van der Waals surface area contributed by atoms with Crippen LogP contribution in [0.25, 0.3) is 0 Å². The number of urea groups is 1. The van der Waals surface area contributed by atoms with E-state index in [0.717, 1.165) is 22.6 Å². The third-order valence-electron chi connectivity index (χ3n) is 3.64. The summed E-state index contributed by atoms with van der Waals surface area (Å²) in [6, 6.07) is 18.8. The molecule has 4 nitrogen and oxygen atoms in total. The maximum Gasteiger partial charge on any atom is 0.320 e. The number of carbonyl (C=O) groups excluding carboxylic acids is 1. The first-order valence-electron chi connectivity index (χ1n) is 7.55. The minimum absolute atomic E-state index is 0.256. The molecule has 1 unspecified atom stereocenters. The Balaban J connectivity index is 1.89. The quantitative estimate of drug-likeness (QED) is 0.710. The van der Waals surface area contributed by atoms with E-state index in [2.05, 4.69) is 10.6 Å².